The molecule has 1 aromatic carbocycles. The fourth-order valence-electron chi connectivity index (χ4n) is 5.78. The molecule has 2 aromatic heterocycles. The highest BCUT2D eigenvalue weighted by molar-refractivity contribution is 6.06. The zero-order chi connectivity index (χ0) is 29.2. The van der Waals surface area contributed by atoms with E-state index in [4.69, 9.17) is 9.72 Å². The van der Waals surface area contributed by atoms with Gasteiger partial charge in [-0.2, -0.15) is 13.2 Å². The van der Waals surface area contributed by atoms with Gasteiger partial charge in [-0.05, 0) is 48.4 Å². The summed E-state index contributed by atoms with van der Waals surface area (Å²) in [6.07, 6.45) is 0.0117. The van der Waals surface area contributed by atoms with Crippen molar-refractivity contribution < 1.29 is 22.7 Å². The third-order valence-corrected chi connectivity index (χ3v) is 8.26. The van der Waals surface area contributed by atoms with Gasteiger partial charge in [0.15, 0.2) is 0 Å². The van der Waals surface area contributed by atoms with Crippen molar-refractivity contribution in [3.63, 3.8) is 0 Å². The van der Waals surface area contributed by atoms with E-state index in [2.05, 4.69) is 45.9 Å². The molecular weight excluding hydrogens is 533 g/mol. The monoisotopic (exact) mass is 570 g/mol. The molecule has 0 radical (unpaired) electrons. The van der Waals surface area contributed by atoms with Crippen LogP contribution in [0, 0.1) is 11.3 Å². The molecule has 0 spiro atoms. The van der Waals surface area contributed by atoms with Crippen LogP contribution in [0.25, 0.3) is 10.9 Å². The van der Waals surface area contributed by atoms with Crippen molar-refractivity contribution in [1.29, 1.82) is 0 Å². The summed E-state index contributed by atoms with van der Waals surface area (Å²) in [7, 11) is 0. The van der Waals surface area contributed by atoms with Crippen molar-refractivity contribution in [2.24, 2.45) is 11.3 Å². The van der Waals surface area contributed by atoms with Crippen molar-refractivity contribution in [2.45, 2.75) is 45.8 Å². The Hall–Kier alpha value is -3.31. The molecule has 2 saturated heterocycles. The number of nitrogens with zero attached hydrogens (tertiary/aromatic N) is 5. The molecule has 1 atom stereocenters. The van der Waals surface area contributed by atoms with Crippen LogP contribution in [-0.2, 0) is 10.9 Å². The van der Waals surface area contributed by atoms with E-state index in [0.29, 0.717) is 48.8 Å². The van der Waals surface area contributed by atoms with E-state index < -0.39 is 18.0 Å². The summed E-state index contributed by atoms with van der Waals surface area (Å²) < 4.78 is 44.5. The smallest absolute Gasteiger partial charge is 0.379 e. The Morgan fingerprint density at radius 1 is 1.02 bits per heavy atom. The van der Waals surface area contributed by atoms with Crippen LogP contribution in [0.1, 0.15) is 61.4 Å². The van der Waals surface area contributed by atoms with E-state index in [9.17, 15) is 18.0 Å². The summed E-state index contributed by atoms with van der Waals surface area (Å²) in [5.74, 6) is 0.136. The highest BCUT2D eigenvalue weighted by atomic mass is 19.4. The maximum atomic E-state index is 13.4. The molecule has 1 unspecified atom stereocenters. The molecule has 2 fully saturated rings. The SMILES string of the molecule is CC(C)(C)C1CCN(c2ccc3c(C(=O)NCC(c4cnc(C(F)(F)F)nc4)N4CCOCC4)cccc3n2)CC1. The zero-order valence-electron chi connectivity index (χ0n) is 23.7. The predicted molar refractivity (Wildman–Crippen MR) is 151 cm³/mol. The Kier molecular flexibility index (Phi) is 8.47. The summed E-state index contributed by atoms with van der Waals surface area (Å²) in [4.78, 5) is 29.7. The molecule has 4 heterocycles. The lowest BCUT2D eigenvalue weighted by atomic mass is 9.75. The van der Waals surface area contributed by atoms with Crippen LogP contribution in [0.15, 0.2) is 42.7 Å². The van der Waals surface area contributed by atoms with Gasteiger partial charge in [-0.3, -0.25) is 9.69 Å². The number of halogens is 3. The fraction of sp³-hybridized carbons (Fsp3) is 0.533. The predicted octanol–water partition coefficient (Wildman–Crippen LogP) is 5.11. The number of nitrogens with one attached hydrogen (secondary N) is 1. The first-order chi connectivity index (χ1) is 19.5. The van der Waals surface area contributed by atoms with Crippen molar-refractivity contribution in [3.05, 3.63) is 59.7 Å². The van der Waals surface area contributed by atoms with Gasteiger partial charge < -0.3 is 15.0 Å². The summed E-state index contributed by atoms with van der Waals surface area (Å²) in [6, 6.07) is 9.02. The quantitative estimate of drug-likeness (QED) is 0.441. The minimum atomic E-state index is -4.62. The number of hydrogen-bond acceptors (Lipinski definition) is 7. The number of rotatable bonds is 6. The third kappa shape index (κ3) is 6.78. The second-order valence-corrected chi connectivity index (χ2v) is 11.9. The Labute approximate surface area is 238 Å². The van der Waals surface area contributed by atoms with E-state index in [1.807, 2.05) is 24.3 Å². The van der Waals surface area contributed by atoms with Crippen LogP contribution in [0.5, 0.6) is 0 Å². The second kappa shape index (κ2) is 11.9. The molecular formula is C30H37F3N6O2. The van der Waals surface area contributed by atoms with Gasteiger partial charge in [-0.15, -0.1) is 0 Å². The van der Waals surface area contributed by atoms with Gasteiger partial charge in [0.25, 0.3) is 5.91 Å². The van der Waals surface area contributed by atoms with Gasteiger partial charge in [0, 0.05) is 61.6 Å². The molecule has 41 heavy (non-hydrogen) atoms. The molecule has 0 aliphatic carbocycles. The first-order valence-electron chi connectivity index (χ1n) is 14.1. The number of ether oxygens (including phenoxy) is 1. The van der Waals surface area contributed by atoms with Crippen molar-refractivity contribution in [2.75, 3.05) is 50.8 Å². The summed E-state index contributed by atoms with van der Waals surface area (Å²) >= 11 is 0. The van der Waals surface area contributed by atoms with Gasteiger partial charge in [-0.1, -0.05) is 26.8 Å². The van der Waals surface area contributed by atoms with Crippen LogP contribution < -0.4 is 10.2 Å². The fourth-order valence-corrected chi connectivity index (χ4v) is 5.78. The Morgan fingerprint density at radius 3 is 2.34 bits per heavy atom. The molecule has 2 aliphatic heterocycles. The lowest BCUT2D eigenvalue weighted by Gasteiger charge is -2.39. The third-order valence-electron chi connectivity index (χ3n) is 8.26. The summed E-state index contributed by atoms with van der Waals surface area (Å²) in [5, 5.41) is 3.74. The number of alkyl halides is 3. The number of piperidine rings is 1. The highest BCUT2D eigenvalue weighted by Crippen LogP contribution is 2.35. The van der Waals surface area contributed by atoms with Crippen LogP contribution in [0.2, 0.25) is 0 Å². The Balaban J connectivity index is 1.31. The lowest BCUT2D eigenvalue weighted by Crippen LogP contribution is -2.44. The van der Waals surface area contributed by atoms with Gasteiger partial charge >= 0.3 is 6.18 Å². The molecule has 0 saturated carbocycles. The lowest BCUT2D eigenvalue weighted by molar-refractivity contribution is -0.145. The maximum absolute atomic E-state index is 13.4. The van der Waals surface area contributed by atoms with Crippen molar-refractivity contribution >= 4 is 22.6 Å². The number of fused-ring (bicyclic) bond motifs is 1. The minimum absolute atomic E-state index is 0.179. The van der Waals surface area contributed by atoms with E-state index in [-0.39, 0.29) is 12.5 Å². The number of morpholine rings is 1. The number of benzene rings is 1. The molecule has 1 N–H and O–H groups in total. The number of hydrogen-bond donors (Lipinski definition) is 1. The number of anilines is 1. The van der Waals surface area contributed by atoms with Gasteiger partial charge in [0.2, 0.25) is 5.82 Å². The first-order valence-corrected chi connectivity index (χ1v) is 14.1. The van der Waals surface area contributed by atoms with E-state index in [1.54, 1.807) is 6.07 Å². The number of amides is 1. The minimum Gasteiger partial charge on any atom is -0.379 e. The molecule has 220 valence electrons. The molecule has 8 nitrogen and oxygen atoms in total. The first kappa shape index (κ1) is 29.2. The van der Waals surface area contributed by atoms with E-state index in [0.717, 1.165) is 42.7 Å². The van der Waals surface area contributed by atoms with Crippen LogP contribution in [-0.4, -0.2) is 71.7 Å². The van der Waals surface area contributed by atoms with Crippen molar-refractivity contribution in [1.82, 2.24) is 25.2 Å². The molecule has 5 rings (SSSR count). The molecule has 0 bridgehead atoms. The summed E-state index contributed by atoms with van der Waals surface area (Å²) in [6.45, 7) is 11.1. The number of carbonyl (C=O) groups is 1. The topological polar surface area (TPSA) is 83.5 Å². The zero-order valence-corrected chi connectivity index (χ0v) is 23.7. The van der Waals surface area contributed by atoms with Gasteiger partial charge in [-0.25, -0.2) is 15.0 Å². The average Bonchev–Trinajstić information content (AvgIpc) is 2.96. The van der Waals surface area contributed by atoms with E-state index >= 15 is 0 Å². The van der Waals surface area contributed by atoms with Crippen LogP contribution in [0.4, 0.5) is 19.0 Å². The number of carbonyl (C=O) groups excluding carboxylic acids is 1. The van der Waals surface area contributed by atoms with Gasteiger partial charge in [0.1, 0.15) is 5.82 Å². The average molecular weight is 571 g/mol. The highest BCUT2D eigenvalue weighted by Gasteiger charge is 2.35. The number of pyridine rings is 1. The van der Waals surface area contributed by atoms with Crippen molar-refractivity contribution in [3.8, 4) is 0 Å². The number of aromatic nitrogens is 3. The Bertz CT molecular complexity index is 1350. The van der Waals surface area contributed by atoms with Gasteiger partial charge in [0.05, 0.1) is 24.8 Å². The molecule has 2 aliphatic rings. The Morgan fingerprint density at radius 2 is 1.71 bits per heavy atom. The molecule has 1 amide bonds. The van der Waals surface area contributed by atoms with Crippen LogP contribution in [0.3, 0.4) is 0 Å². The normalized spacial score (nSPS) is 18.4. The second-order valence-electron chi connectivity index (χ2n) is 11.9. The summed E-state index contributed by atoms with van der Waals surface area (Å²) in [5.41, 5.74) is 2.04. The van der Waals surface area contributed by atoms with E-state index in [1.165, 1.54) is 12.4 Å². The standard InChI is InChI=1S/C30H37F3N6O2/c1-29(2,3)21-9-11-39(12-10-21)26-8-7-22-23(5-4-6-24(22)37-26)27(40)34-19-25(38-13-15-41-16-14-38)20-17-35-28(36-18-20)30(31,32)33/h4-8,17-18,21,25H,9-16,19H2,1-3H3,(H,34,40). The molecule has 3 aromatic rings. The van der Waals surface area contributed by atoms with Crippen LogP contribution >= 0.6 is 0 Å². The molecule has 11 heteroatoms. The maximum Gasteiger partial charge on any atom is 0.451 e. The largest absolute Gasteiger partial charge is 0.451 e.